The number of hydrogen-bond acceptors (Lipinski definition) is 5. The lowest BCUT2D eigenvalue weighted by atomic mass is 10.1. The van der Waals surface area contributed by atoms with Gasteiger partial charge in [-0.25, -0.2) is 9.78 Å². The molecule has 0 aliphatic heterocycles. The minimum atomic E-state index is -0.590. The number of nitrogens with zero attached hydrogens (tertiary/aromatic N) is 1. The predicted molar refractivity (Wildman–Crippen MR) is 114 cm³/mol. The molecule has 0 aliphatic rings. The molecule has 0 spiro atoms. The van der Waals surface area contributed by atoms with Gasteiger partial charge in [0.2, 0.25) is 0 Å². The van der Waals surface area contributed by atoms with Crippen LogP contribution in [0.15, 0.2) is 28.7 Å². The molecule has 7 nitrogen and oxygen atoms in total. The molecule has 2 N–H and O–H groups in total. The van der Waals surface area contributed by atoms with Crippen LogP contribution in [0.25, 0.3) is 0 Å². The number of carbonyl (C=O) groups excluding carboxylic acids is 3. The third-order valence-corrected chi connectivity index (χ3v) is 5.14. The molecule has 0 radical (unpaired) electrons. The van der Waals surface area contributed by atoms with Crippen molar-refractivity contribution >= 4 is 39.4 Å². The van der Waals surface area contributed by atoms with Crippen molar-refractivity contribution in [2.24, 2.45) is 0 Å². The summed E-state index contributed by atoms with van der Waals surface area (Å²) in [5.41, 5.74) is 1.95. The van der Waals surface area contributed by atoms with Crippen LogP contribution in [0.4, 0.5) is 5.69 Å². The third-order valence-electron chi connectivity index (χ3n) is 4.47. The molecule has 2 rings (SSSR count). The molecule has 0 saturated heterocycles. The first-order valence-electron chi connectivity index (χ1n) is 9.16. The lowest BCUT2D eigenvalue weighted by molar-refractivity contribution is 0.0600. The van der Waals surface area contributed by atoms with E-state index in [-0.39, 0.29) is 22.9 Å². The molecule has 1 aromatic heterocycles. The molecule has 2 aromatic rings. The number of halogens is 1. The molecule has 0 aliphatic carbocycles. The van der Waals surface area contributed by atoms with Crippen molar-refractivity contribution in [3.05, 3.63) is 56.8 Å². The molecule has 1 unspecified atom stereocenters. The Morgan fingerprint density at radius 1 is 1.14 bits per heavy atom. The minimum absolute atomic E-state index is 0.0371. The maximum Gasteiger partial charge on any atom is 0.341 e. The SMILES string of the molecule is CCC(C)NC(=O)c1nc(C)ccc1C(=O)Nc1c(C)ccc(Br)c1C(=O)OC. The zero-order valence-corrected chi connectivity index (χ0v) is 18.6. The number of methoxy groups -OCH3 is 1. The number of anilines is 1. The standard InChI is InChI=1S/C21H24BrN3O4/c1-6-12(3)24-20(27)18-14(9-8-13(4)23-18)19(26)25-17-11(2)7-10-15(22)16(17)21(28)29-5/h7-10,12H,6H2,1-5H3,(H,24,27)(H,25,26). The highest BCUT2D eigenvalue weighted by atomic mass is 79.9. The van der Waals surface area contributed by atoms with Crippen LogP contribution in [0.1, 0.15) is 62.7 Å². The van der Waals surface area contributed by atoms with Gasteiger partial charge >= 0.3 is 5.97 Å². The Morgan fingerprint density at radius 2 is 1.83 bits per heavy atom. The third kappa shape index (κ3) is 5.20. The van der Waals surface area contributed by atoms with Crippen LogP contribution in [0.5, 0.6) is 0 Å². The summed E-state index contributed by atoms with van der Waals surface area (Å²) in [7, 11) is 1.27. The Balaban J connectivity index is 2.46. The molecule has 1 heterocycles. The maximum absolute atomic E-state index is 13.0. The second-order valence-corrected chi connectivity index (χ2v) is 7.55. The van der Waals surface area contributed by atoms with E-state index >= 15 is 0 Å². The van der Waals surface area contributed by atoms with E-state index in [1.54, 1.807) is 38.1 Å². The first-order chi connectivity index (χ1) is 13.7. The van der Waals surface area contributed by atoms with Gasteiger partial charge in [0.05, 0.1) is 23.9 Å². The second-order valence-electron chi connectivity index (χ2n) is 6.69. The van der Waals surface area contributed by atoms with Crippen LogP contribution in [0, 0.1) is 13.8 Å². The maximum atomic E-state index is 13.0. The van der Waals surface area contributed by atoms with Gasteiger partial charge in [-0.05, 0) is 66.9 Å². The summed E-state index contributed by atoms with van der Waals surface area (Å²) < 4.78 is 5.33. The van der Waals surface area contributed by atoms with Crippen LogP contribution in [-0.4, -0.2) is 35.9 Å². The summed E-state index contributed by atoms with van der Waals surface area (Å²) in [5, 5.41) is 5.57. The number of pyridine rings is 1. The van der Waals surface area contributed by atoms with E-state index in [0.717, 1.165) is 6.42 Å². The zero-order chi connectivity index (χ0) is 21.7. The first-order valence-corrected chi connectivity index (χ1v) is 9.96. The number of hydrogen-bond donors (Lipinski definition) is 2. The van der Waals surface area contributed by atoms with Gasteiger partial charge in [-0.1, -0.05) is 13.0 Å². The molecule has 29 heavy (non-hydrogen) atoms. The van der Waals surface area contributed by atoms with Gasteiger partial charge in [0.1, 0.15) is 5.69 Å². The number of benzene rings is 1. The first kappa shape index (κ1) is 22.5. The number of nitrogens with one attached hydrogen (secondary N) is 2. The lowest BCUT2D eigenvalue weighted by Gasteiger charge is -2.16. The highest BCUT2D eigenvalue weighted by Crippen LogP contribution is 2.29. The summed E-state index contributed by atoms with van der Waals surface area (Å²) in [4.78, 5) is 42.2. The monoisotopic (exact) mass is 461 g/mol. The van der Waals surface area contributed by atoms with E-state index in [0.29, 0.717) is 21.4 Å². The lowest BCUT2D eigenvalue weighted by Crippen LogP contribution is -2.34. The Kier molecular flexibility index (Phi) is 7.50. The van der Waals surface area contributed by atoms with Crippen LogP contribution in [0.2, 0.25) is 0 Å². The molecule has 0 saturated carbocycles. The Labute approximate surface area is 178 Å². The Bertz CT molecular complexity index is 959. The smallest absolute Gasteiger partial charge is 0.341 e. The molecular weight excluding hydrogens is 438 g/mol. The molecule has 154 valence electrons. The average Bonchev–Trinajstić information content (AvgIpc) is 2.69. The normalized spacial score (nSPS) is 11.5. The second kappa shape index (κ2) is 9.65. The highest BCUT2D eigenvalue weighted by molar-refractivity contribution is 9.10. The van der Waals surface area contributed by atoms with Crippen molar-refractivity contribution in [2.45, 2.75) is 40.2 Å². The van der Waals surface area contributed by atoms with Crippen molar-refractivity contribution in [2.75, 3.05) is 12.4 Å². The van der Waals surface area contributed by atoms with Crippen LogP contribution in [0.3, 0.4) is 0 Å². The number of ether oxygens (including phenoxy) is 1. The Hall–Kier alpha value is -2.74. The van der Waals surface area contributed by atoms with Crippen molar-refractivity contribution in [3.8, 4) is 0 Å². The Morgan fingerprint density at radius 3 is 2.45 bits per heavy atom. The number of amides is 2. The van der Waals surface area contributed by atoms with Gasteiger partial charge < -0.3 is 15.4 Å². The number of carbonyl (C=O) groups is 3. The number of esters is 1. The summed E-state index contributed by atoms with van der Waals surface area (Å²) in [6, 6.07) is 6.61. The predicted octanol–water partition coefficient (Wildman–Crippen LogP) is 4.03. The van der Waals surface area contributed by atoms with Gasteiger partial charge in [0, 0.05) is 16.2 Å². The fraction of sp³-hybridized carbons (Fsp3) is 0.333. The summed E-state index contributed by atoms with van der Waals surface area (Å²) in [6.45, 7) is 7.33. The fourth-order valence-electron chi connectivity index (χ4n) is 2.63. The van der Waals surface area contributed by atoms with E-state index in [1.165, 1.54) is 7.11 Å². The van der Waals surface area contributed by atoms with Gasteiger partial charge in [0.15, 0.2) is 0 Å². The molecular formula is C21H24BrN3O4. The zero-order valence-electron chi connectivity index (χ0n) is 17.1. The van der Waals surface area contributed by atoms with Crippen LogP contribution < -0.4 is 10.6 Å². The van der Waals surface area contributed by atoms with E-state index in [4.69, 9.17) is 4.74 Å². The number of rotatable bonds is 6. The average molecular weight is 462 g/mol. The summed E-state index contributed by atoms with van der Waals surface area (Å²) in [5.74, 6) is -1.56. The summed E-state index contributed by atoms with van der Waals surface area (Å²) in [6.07, 6.45) is 0.749. The molecule has 0 fully saturated rings. The number of aryl methyl sites for hydroxylation is 2. The van der Waals surface area contributed by atoms with Gasteiger partial charge in [-0.2, -0.15) is 0 Å². The number of aromatic nitrogens is 1. The van der Waals surface area contributed by atoms with Crippen molar-refractivity contribution < 1.29 is 19.1 Å². The minimum Gasteiger partial charge on any atom is -0.465 e. The van der Waals surface area contributed by atoms with Gasteiger partial charge in [-0.15, -0.1) is 0 Å². The van der Waals surface area contributed by atoms with E-state index in [1.807, 2.05) is 13.8 Å². The largest absolute Gasteiger partial charge is 0.465 e. The van der Waals surface area contributed by atoms with E-state index in [2.05, 4.69) is 31.5 Å². The topological polar surface area (TPSA) is 97.4 Å². The molecule has 8 heteroatoms. The fourth-order valence-corrected chi connectivity index (χ4v) is 3.12. The van der Waals surface area contributed by atoms with Crippen LogP contribution >= 0.6 is 15.9 Å². The highest BCUT2D eigenvalue weighted by Gasteiger charge is 2.24. The van der Waals surface area contributed by atoms with Crippen molar-refractivity contribution in [1.82, 2.24) is 10.3 Å². The van der Waals surface area contributed by atoms with Gasteiger partial charge in [-0.3, -0.25) is 9.59 Å². The molecule has 1 aromatic carbocycles. The van der Waals surface area contributed by atoms with E-state index < -0.39 is 17.8 Å². The molecule has 0 bridgehead atoms. The van der Waals surface area contributed by atoms with E-state index in [9.17, 15) is 14.4 Å². The van der Waals surface area contributed by atoms with Gasteiger partial charge in [0.25, 0.3) is 11.8 Å². The molecule has 1 atom stereocenters. The van der Waals surface area contributed by atoms with Crippen molar-refractivity contribution in [3.63, 3.8) is 0 Å². The molecule has 2 amide bonds. The van der Waals surface area contributed by atoms with Crippen LogP contribution in [-0.2, 0) is 4.74 Å². The van der Waals surface area contributed by atoms with Crippen molar-refractivity contribution in [1.29, 1.82) is 0 Å². The quantitative estimate of drug-likeness (QED) is 0.632. The summed E-state index contributed by atoms with van der Waals surface area (Å²) >= 11 is 3.32.